The molecule has 0 unspecified atom stereocenters. The summed E-state index contributed by atoms with van der Waals surface area (Å²) in [4.78, 5) is 25.9. The van der Waals surface area contributed by atoms with Crippen LogP contribution in [0, 0.1) is 13.8 Å². The van der Waals surface area contributed by atoms with Gasteiger partial charge in [0.2, 0.25) is 0 Å². The Morgan fingerprint density at radius 1 is 1.21 bits per heavy atom. The summed E-state index contributed by atoms with van der Waals surface area (Å²) in [5, 5.41) is 2.69. The zero-order valence-electron chi connectivity index (χ0n) is 14.0. The van der Waals surface area contributed by atoms with Gasteiger partial charge in [0.15, 0.2) is 5.54 Å². The van der Waals surface area contributed by atoms with Gasteiger partial charge in [0.05, 0.1) is 12.8 Å². The highest BCUT2D eigenvalue weighted by Gasteiger charge is 2.50. The van der Waals surface area contributed by atoms with E-state index in [9.17, 15) is 9.59 Å². The maximum atomic E-state index is 12.6. The van der Waals surface area contributed by atoms with Crippen molar-refractivity contribution >= 4 is 11.9 Å². The van der Waals surface area contributed by atoms with Gasteiger partial charge in [-0.25, -0.2) is 4.79 Å². The summed E-state index contributed by atoms with van der Waals surface area (Å²) in [5.41, 5.74) is 1.04. The van der Waals surface area contributed by atoms with Crippen molar-refractivity contribution in [1.82, 2.24) is 10.2 Å². The second-order valence-corrected chi connectivity index (χ2v) is 6.16. The lowest BCUT2D eigenvalue weighted by atomic mass is 9.99. The first-order chi connectivity index (χ1) is 11.4. The number of hydrogen-bond acceptors (Lipinski definition) is 4. The molecule has 24 heavy (non-hydrogen) atoms. The van der Waals surface area contributed by atoms with Gasteiger partial charge in [-0.15, -0.1) is 0 Å². The number of benzene rings is 1. The fourth-order valence-electron chi connectivity index (χ4n) is 2.90. The van der Waals surface area contributed by atoms with E-state index in [0.29, 0.717) is 5.76 Å². The molecule has 3 amide bonds. The minimum atomic E-state index is -1.17. The van der Waals surface area contributed by atoms with Crippen LogP contribution in [-0.4, -0.2) is 30.0 Å². The van der Waals surface area contributed by atoms with E-state index in [4.69, 9.17) is 9.15 Å². The van der Waals surface area contributed by atoms with E-state index in [1.807, 2.05) is 26.0 Å². The third kappa shape index (κ3) is 2.87. The van der Waals surface area contributed by atoms with E-state index in [1.54, 1.807) is 19.1 Å². The molecule has 6 heteroatoms. The molecule has 0 saturated carbocycles. The van der Waals surface area contributed by atoms with Crippen molar-refractivity contribution in [2.24, 2.45) is 0 Å². The Bertz CT molecular complexity index is 749. The van der Waals surface area contributed by atoms with Crippen LogP contribution < -0.4 is 10.1 Å². The number of furan rings is 1. The van der Waals surface area contributed by atoms with Gasteiger partial charge in [0.1, 0.15) is 18.1 Å². The normalized spacial score (nSPS) is 20.4. The van der Waals surface area contributed by atoms with Crippen LogP contribution in [0.1, 0.15) is 23.8 Å². The number of carbonyl (C=O) groups excluding carboxylic acids is 2. The Morgan fingerprint density at radius 3 is 2.54 bits per heavy atom. The molecule has 1 aromatic carbocycles. The first kappa shape index (κ1) is 16.1. The number of rotatable bonds is 5. The van der Waals surface area contributed by atoms with Gasteiger partial charge < -0.3 is 14.5 Å². The monoisotopic (exact) mass is 328 g/mol. The summed E-state index contributed by atoms with van der Waals surface area (Å²) < 4.78 is 11.0. The molecule has 0 aliphatic carbocycles. The Kier molecular flexibility index (Phi) is 4.05. The molecule has 1 atom stereocenters. The van der Waals surface area contributed by atoms with E-state index in [1.165, 1.54) is 6.26 Å². The van der Waals surface area contributed by atoms with Crippen molar-refractivity contribution in [3.8, 4) is 5.75 Å². The summed E-state index contributed by atoms with van der Waals surface area (Å²) >= 11 is 0. The van der Waals surface area contributed by atoms with Crippen molar-refractivity contribution in [1.29, 1.82) is 0 Å². The van der Waals surface area contributed by atoms with Crippen LogP contribution in [0.3, 0.4) is 0 Å². The zero-order valence-corrected chi connectivity index (χ0v) is 14.0. The highest BCUT2D eigenvalue weighted by Crippen LogP contribution is 2.28. The maximum Gasteiger partial charge on any atom is 0.325 e. The SMILES string of the molecule is Cc1cc(C)cc(OCCN2C(=O)N[C@@](C)(c3ccco3)C2=O)c1. The second kappa shape index (κ2) is 6.03. The highest BCUT2D eigenvalue weighted by atomic mass is 16.5. The molecule has 1 aliphatic rings. The van der Waals surface area contributed by atoms with E-state index in [2.05, 4.69) is 11.4 Å². The van der Waals surface area contributed by atoms with Crippen molar-refractivity contribution in [2.45, 2.75) is 26.3 Å². The summed E-state index contributed by atoms with van der Waals surface area (Å²) in [5.74, 6) is 0.804. The number of nitrogens with one attached hydrogen (secondary N) is 1. The topological polar surface area (TPSA) is 71.8 Å². The first-order valence-electron chi connectivity index (χ1n) is 7.79. The lowest BCUT2D eigenvalue weighted by Gasteiger charge is -2.19. The van der Waals surface area contributed by atoms with E-state index in [-0.39, 0.29) is 19.1 Å². The number of imide groups is 1. The molecule has 0 radical (unpaired) electrons. The van der Waals surface area contributed by atoms with Crippen LogP contribution >= 0.6 is 0 Å². The molecule has 1 N–H and O–H groups in total. The summed E-state index contributed by atoms with van der Waals surface area (Å²) in [6, 6.07) is 8.82. The number of amides is 3. The Labute approximate surface area is 140 Å². The molecule has 0 bridgehead atoms. The molecule has 1 aromatic heterocycles. The van der Waals surface area contributed by atoms with Crippen LogP contribution in [0.4, 0.5) is 4.79 Å². The molecule has 2 heterocycles. The third-order valence-electron chi connectivity index (χ3n) is 4.07. The lowest BCUT2D eigenvalue weighted by Crippen LogP contribution is -2.41. The molecule has 0 spiro atoms. The fourth-order valence-corrected chi connectivity index (χ4v) is 2.90. The number of carbonyl (C=O) groups is 2. The molecule has 126 valence electrons. The number of hydrogen-bond donors (Lipinski definition) is 1. The molecule has 1 aliphatic heterocycles. The number of ether oxygens (including phenoxy) is 1. The Hall–Kier alpha value is -2.76. The molecule has 1 fully saturated rings. The highest BCUT2D eigenvalue weighted by molar-refractivity contribution is 6.06. The van der Waals surface area contributed by atoms with Crippen molar-refractivity contribution < 1.29 is 18.7 Å². The summed E-state index contributed by atoms with van der Waals surface area (Å²) in [6.07, 6.45) is 1.48. The average molecular weight is 328 g/mol. The minimum Gasteiger partial charge on any atom is -0.492 e. The van der Waals surface area contributed by atoms with Crippen molar-refractivity contribution in [3.05, 3.63) is 53.5 Å². The standard InChI is InChI=1S/C18H20N2O4/c1-12-9-13(2)11-14(10-12)23-8-6-20-16(21)18(3,19-17(20)22)15-5-4-7-24-15/h4-5,7,9-11H,6,8H2,1-3H3,(H,19,22)/t18-/m0/s1. The summed E-state index contributed by atoms with van der Waals surface area (Å²) in [6.45, 7) is 6.03. The minimum absolute atomic E-state index is 0.175. The van der Waals surface area contributed by atoms with E-state index in [0.717, 1.165) is 21.8 Å². The lowest BCUT2D eigenvalue weighted by molar-refractivity contribution is -0.131. The Morgan fingerprint density at radius 2 is 1.92 bits per heavy atom. The van der Waals surface area contributed by atoms with Gasteiger partial charge in [-0.05, 0) is 56.2 Å². The predicted molar refractivity (Wildman–Crippen MR) is 87.7 cm³/mol. The molecule has 2 aromatic rings. The fraction of sp³-hybridized carbons (Fsp3) is 0.333. The zero-order chi connectivity index (χ0) is 17.3. The summed E-state index contributed by atoms with van der Waals surface area (Å²) in [7, 11) is 0. The van der Waals surface area contributed by atoms with Gasteiger partial charge in [-0.2, -0.15) is 0 Å². The van der Waals surface area contributed by atoms with Gasteiger partial charge in [0.25, 0.3) is 5.91 Å². The average Bonchev–Trinajstić information content (AvgIpc) is 3.10. The first-order valence-corrected chi connectivity index (χ1v) is 7.79. The third-order valence-corrected chi connectivity index (χ3v) is 4.07. The Balaban J connectivity index is 1.65. The molecule has 6 nitrogen and oxygen atoms in total. The van der Waals surface area contributed by atoms with E-state index >= 15 is 0 Å². The van der Waals surface area contributed by atoms with Gasteiger partial charge in [0, 0.05) is 0 Å². The van der Waals surface area contributed by atoms with Gasteiger partial charge in [-0.1, -0.05) is 6.07 Å². The van der Waals surface area contributed by atoms with Crippen LogP contribution in [0.25, 0.3) is 0 Å². The van der Waals surface area contributed by atoms with Crippen LogP contribution in [0.5, 0.6) is 5.75 Å². The van der Waals surface area contributed by atoms with Crippen LogP contribution in [-0.2, 0) is 10.3 Å². The molecular formula is C18H20N2O4. The largest absolute Gasteiger partial charge is 0.492 e. The van der Waals surface area contributed by atoms with Crippen molar-refractivity contribution in [3.63, 3.8) is 0 Å². The van der Waals surface area contributed by atoms with Crippen LogP contribution in [0.2, 0.25) is 0 Å². The second-order valence-electron chi connectivity index (χ2n) is 6.16. The smallest absolute Gasteiger partial charge is 0.325 e. The predicted octanol–water partition coefficient (Wildman–Crippen LogP) is 2.74. The number of urea groups is 1. The molecule has 3 rings (SSSR count). The quantitative estimate of drug-likeness (QED) is 0.857. The van der Waals surface area contributed by atoms with Gasteiger partial charge in [-0.3, -0.25) is 9.69 Å². The van der Waals surface area contributed by atoms with E-state index < -0.39 is 11.6 Å². The number of nitrogens with zero attached hydrogens (tertiary/aromatic N) is 1. The van der Waals surface area contributed by atoms with Crippen molar-refractivity contribution in [2.75, 3.05) is 13.2 Å². The van der Waals surface area contributed by atoms with Crippen LogP contribution in [0.15, 0.2) is 41.0 Å². The number of aryl methyl sites for hydroxylation is 2. The maximum absolute atomic E-state index is 12.6. The molecular weight excluding hydrogens is 308 g/mol. The molecule has 1 saturated heterocycles. The van der Waals surface area contributed by atoms with Gasteiger partial charge >= 0.3 is 6.03 Å².